The molecule has 7 nitrogen and oxygen atoms in total. The predicted molar refractivity (Wildman–Crippen MR) is 56.1 cm³/mol. The average Bonchev–Trinajstić information content (AvgIpc) is 2.79. The number of thioether (sulfide) groups is 1. The summed E-state index contributed by atoms with van der Waals surface area (Å²) in [5.74, 6) is 5.21. The van der Waals surface area contributed by atoms with Gasteiger partial charge in [0.1, 0.15) is 10.7 Å². The van der Waals surface area contributed by atoms with Crippen LogP contribution in [-0.4, -0.2) is 31.4 Å². The molecule has 2 heterocycles. The highest BCUT2D eigenvalue weighted by atomic mass is 32.2. The molecule has 0 saturated carbocycles. The molecule has 0 radical (unpaired) electrons. The number of amides is 2. The highest BCUT2D eigenvalue weighted by molar-refractivity contribution is 8.14. The minimum Gasteiger partial charge on any atom is -0.313 e. The minimum atomic E-state index is -0.254. The second kappa shape index (κ2) is 4.13. The SMILES string of the molecule is NNc1snnc1CN1C(=O)CSC1=O. The van der Waals surface area contributed by atoms with Gasteiger partial charge in [-0.1, -0.05) is 16.3 Å². The van der Waals surface area contributed by atoms with E-state index in [-0.39, 0.29) is 23.4 Å². The third kappa shape index (κ3) is 1.94. The first-order chi connectivity index (χ1) is 7.22. The summed E-state index contributed by atoms with van der Waals surface area (Å²) in [6.45, 7) is 0.126. The van der Waals surface area contributed by atoms with Gasteiger partial charge in [-0.25, -0.2) is 5.84 Å². The summed E-state index contributed by atoms with van der Waals surface area (Å²) in [7, 11) is 0. The van der Waals surface area contributed by atoms with Crippen LogP contribution in [0, 0.1) is 0 Å². The Morgan fingerprint density at radius 1 is 1.53 bits per heavy atom. The Hall–Kier alpha value is -1.19. The van der Waals surface area contributed by atoms with Gasteiger partial charge in [-0.15, -0.1) is 5.10 Å². The monoisotopic (exact) mass is 245 g/mol. The lowest BCUT2D eigenvalue weighted by atomic mass is 10.4. The van der Waals surface area contributed by atoms with Crippen LogP contribution in [0.15, 0.2) is 0 Å². The van der Waals surface area contributed by atoms with E-state index in [0.717, 1.165) is 28.2 Å². The minimum absolute atomic E-state index is 0.126. The molecule has 0 aromatic carbocycles. The van der Waals surface area contributed by atoms with E-state index in [0.29, 0.717) is 10.7 Å². The van der Waals surface area contributed by atoms with Crippen molar-refractivity contribution in [3.05, 3.63) is 5.69 Å². The van der Waals surface area contributed by atoms with Crippen molar-refractivity contribution in [1.82, 2.24) is 14.5 Å². The van der Waals surface area contributed by atoms with Gasteiger partial charge in [0.25, 0.3) is 5.24 Å². The smallest absolute Gasteiger partial charge is 0.289 e. The van der Waals surface area contributed by atoms with E-state index in [4.69, 9.17) is 5.84 Å². The zero-order valence-corrected chi connectivity index (χ0v) is 9.10. The van der Waals surface area contributed by atoms with Crippen LogP contribution in [-0.2, 0) is 11.3 Å². The van der Waals surface area contributed by atoms with Crippen LogP contribution in [0.25, 0.3) is 0 Å². The molecule has 0 aliphatic carbocycles. The number of aromatic nitrogens is 2. The third-order valence-corrected chi connectivity index (χ3v) is 3.39. The van der Waals surface area contributed by atoms with E-state index in [1.807, 2.05) is 0 Å². The Kier molecular flexibility index (Phi) is 2.84. The number of carbonyl (C=O) groups excluding carboxylic acids is 2. The van der Waals surface area contributed by atoms with Crippen LogP contribution in [0.1, 0.15) is 5.69 Å². The van der Waals surface area contributed by atoms with E-state index in [1.54, 1.807) is 0 Å². The van der Waals surface area contributed by atoms with Crippen molar-refractivity contribution in [2.24, 2.45) is 5.84 Å². The average molecular weight is 245 g/mol. The molecule has 15 heavy (non-hydrogen) atoms. The summed E-state index contributed by atoms with van der Waals surface area (Å²) in [6, 6.07) is 0. The number of nitrogens with one attached hydrogen (secondary N) is 1. The lowest BCUT2D eigenvalue weighted by Gasteiger charge is -2.10. The topological polar surface area (TPSA) is 101 Å². The maximum absolute atomic E-state index is 11.3. The zero-order chi connectivity index (χ0) is 10.8. The highest BCUT2D eigenvalue weighted by Crippen LogP contribution is 2.24. The fraction of sp³-hybridized carbons (Fsp3) is 0.333. The van der Waals surface area contributed by atoms with Crippen molar-refractivity contribution in [3.8, 4) is 0 Å². The second-order valence-electron chi connectivity index (χ2n) is 2.73. The molecule has 1 fully saturated rings. The van der Waals surface area contributed by atoms with Gasteiger partial charge in [0, 0.05) is 11.5 Å². The second-order valence-corrected chi connectivity index (χ2v) is 4.41. The lowest BCUT2D eigenvalue weighted by Crippen LogP contribution is -2.28. The number of nitrogens with two attached hydrogens (primary N) is 1. The molecule has 0 atom stereocenters. The lowest BCUT2D eigenvalue weighted by molar-refractivity contribution is -0.125. The Bertz CT molecular complexity index is 390. The Morgan fingerprint density at radius 2 is 2.33 bits per heavy atom. The summed E-state index contributed by atoms with van der Waals surface area (Å²) in [5.41, 5.74) is 2.92. The quantitative estimate of drug-likeness (QED) is 0.571. The van der Waals surface area contributed by atoms with Gasteiger partial charge >= 0.3 is 0 Å². The van der Waals surface area contributed by atoms with Crippen molar-refractivity contribution in [1.29, 1.82) is 0 Å². The van der Waals surface area contributed by atoms with Crippen LogP contribution in [0.5, 0.6) is 0 Å². The fourth-order valence-corrected chi connectivity index (χ4v) is 2.31. The molecule has 1 aromatic rings. The largest absolute Gasteiger partial charge is 0.313 e. The van der Waals surface area contributed by atoms with Crippen LogP contribution >= 0.6 is 23.3 Å². The number of nitrogen functional groups attached to an aromatic ring is 1. The number of imide groups is 1. The number of hydrogen-bond acceptors (Lipinski definition) is 8. The van der Waals surface area contributed by atoms with Gasteiger partial charge in [-0.3, -0.25) is 14.5 Å². The van der Waals surface area contributed by atoms with Crippen molar-refractivity contribution in [3.63, 3.8) is 0 Å². The van der Waals surface area contributed by atoms with Gasteiger partial charge in [-0.2, -0.15) is 0 Å². The molecular weight excluding hydrogens is 238 g/mol. The first-order valence-corrected chi connectivity index (χ1v) is 5.73. The molecule has 0 bridgehead atoms. The van der Waals surface area contributed by atoms with E-state index in [2.05, 4.69) is 15.0 Å². The molecule has 2 amide bonds. The first kappa shape index (κ1) is 10.3. The highest BCUT2D eigenvalue weighted by Gasteiger charge is 2.31. The first-order valence-electron chi connectivity index (χ1n) is 3.97. The van der Waals surface area contributed by atoms with Crippen LogP contribution < -0.4 is 11.3 Å². The number of rotatable bonds is 3. The molecule has 9 heteroatoms. The molecule has 1 aliphatic heterocycles. The number of hydrazine groups is 1. The van der Waals surface area contributed by atoms with E-state index in [9.17, 15) is 9.59 Å². The molecular formula is C6H7N5O2S2. The molecule has 1 aliphatic rings. The molecule has 0 unspecified atom stereocenters. The number of nitrogens with zero attached hydrogens (tertiary/aromatic N) is 3. The Labute approximate surface area is 93.1 Å². The van der Waals surface area contributed by atoms with Gasteiger partial charge in [0.05, 0.1) is 12.3 Å². The summed E-state index contributed by atoms with van der Waals surface area (Å²) in [4.78, 5) is 23.7. The van der Waals surface area contributed by atoms with Gasteiger partial charge in [0.2, 0.25) is 5.91 Å². The molecule has 1 saturated heterocycles. The molecule has 3 N–H and O–H groups in total. The summed E-state index contributed by atoms with van der Waals surface area (Å²) >= 11 is 2.07. The van der Waals surface area contributed by atoms with Gasteiger partial charge in [-0.05, 0) is 0 Å². The Balaban J connectivity index is 2.14. The van der Waals surface area contributed by atoms with Crippen molar-refractivity contribution in [2.45, 2.75) is 6.54 Å². The number of hydrogen-bond donors (Lipinski definition) is 2. The summed E-state index contributed by atoms with van der Waals surface area (Å²) in [6.07, 6.45) is 0. The molecule has 1 aromatic heterocycles. The molecule has 2 rings (SSSR count). The van der Waals surface area contributed by atoms with E-state index in [1.165, 1.54) is 0 Å². The van der Waals surface area contributed by atoms with Crippen LogP contribution in [0.3, 0.4) is 0 Å². The maximum atomic E-state index is 11.3. The van der Waals surface area contributed by atoms with Crippen molar-refractivity contribution < 1.29 is 9.59 Å². The van der Waals surface area contributed by atoms with Gasteiger partial charge in [0.15, 0.2) is 0 Å². The van der Waals surface area contributed by atoms with E-state index >= 15 is 0 Å². The van der Waals surface area contributed by atoms with Crippen molar-refractivity contribution >= 4 is 39.4 Å². The Morgan fingerprint density at radius 3 is 2.93 bits per heavy atom. The fourth-order valence-electron chi connectivity index (χ4n) is 1.11. The predicted octanol–water partition coefficient (Wildman–Crippen LogP) is 0.0191. The normalized spacial score (nSPS) is 16.2. The summed E-state index contributed by atoms with van der Waals surface area (Å²) < 4.78 is 3.68. The standard InChI is InChI=1S/C6H7N5O2S2/c7-8-5-3(9-10-15-5)1-11-4(12)2-14-6(11)13/h8H,1-2,7H2. The van der Waals surface area contributed by atoms with Crippen LogP contribution in [0.4, 0.5) is 9.80 Å². The maximum Gasteiger partial charge on any atom is 0.289 e. The van der Waals surface area contributed by atoms with Gasteiger partial charge < -0.3 is 5.43 Å². The number of anilines is 1. The molecule has 80 valence electrons. The zero-order valence-electron chi connectivity index (χ0n) is 7.47. The summed E-state index contributed by atoms with van der Waals surface area (Å²) in [5, 5.41) is 4.10. The van der Waals surface area contributed by atoms with Crippen molar-refractivity contribution in [2.75, 3.05) is 11.2 Å². The molecule has 0 spiro atoms. The third-order valence-electron chi connectivity index (χ3n) is 1.84. The van der Waals surface area contributed by atoms with E-state index < -0.39 is 0 Å². The van der Waals surface area contributed by atoms with Crippen LogP contribution in [0.2, 0.25) is 0 Å². The number of carbonyl (C=O) groups is 2.